The summed E-state index contributed by atoms with van der Waals surface area (Å²) in [5.74, 6) is 0.498. The molecule has 14 heteroatoms. The van der Waals surface area contributed by atoms with Crippen molar-refractivity contribution in [2.45, 2.75) is 19.8 Å². The van der Waals surface area contributed by atoms with Gasteiger partial charge in [-0.3, -0.25) is 0 Å². The topological polar surface area (TPSA) is 120 Å². The Labute approximate surface area is 270 Å². The van der Waals surface area contributed by atoms with Crippen LogP contribution < -0.4 is 0 Å². The minimum Gasteiger partial charge on any atom is -0.379 e. The SMILES string of the molecule is CCCCOCCOCCOCCOCCOCCOCCOCCOCCOCCOCCOCCOCCOCCCl. The molecule has 0 atom stereocenters. The van der Waals surface area contributed by atoms with Crippen LogP contribution in [-0.2, 0) is 61.6 Å². The molecule has 0 aliphatic carbocycles. The molecule has 0 fully saturated rings. The average molecular weight is 665 g/mol. The summed E-state index contributed by atoms with van der Waals surface area (Å²) < 4.78 is 70.6. The Bertz CT molecular complexity index is 456. The van der Waals surface area contributed by atoms with E-state index in [4.69, 9.17) is 73.2 Å². The van der Waals surface area contributed by atoms with Crippen molar-refractivity contribution in [2.24, 2.45) is 0 Å². The minimum atomic E-state index is 0.498. The van der Waals surface area contributed by atoms with Gasteiger partial charge in [0.2, 0.25) is 0 Å². The maximum Gasteiger partial charge on any atom is 0.0701 e. The Morgan fingerprint density at radius 1 is 0.250 bits per heavy atom. The zero-order chi connectivity index (χ0) is 31.7. The molecular formula is C30H61ClO13. The third-order valence-electron chi connectivity index (χ3n) is 5.33. The summed E-state index contributed by atoms with van der Waals surface area (Å²) in [5.41, 5.74) is 0. The number of unbranched alkanes of at least 4 members (excludes halogenated alkanes) is 1. The van der Waals surface area contributed by atoms with Crippen molar-refractivity contribution in [3.8, 4) is 0 Å². The highest BCUT2D eigenvalue weighted by Gasteiger charge is 1.97. The van der Waals surface area contributed by atoms with E-state index in [-0.39, 0.29) is 0 Å². The molecule has 0 aliphatic heterocycles. The van der Waals surface area contributed by atoms with Crippen LogP contribution >= 0.6 is 11.6 Å². The lowest BCUT2D eigenvalue weighted by atomic mass is 10.4. The fraction of sp³-hybridized carbons (Fsp3) is 1.00. The third-order valence-corrected chi connectivity index (χ3v) is 5.48. The van der Waals surface area contributed by atoms with E-state index in [2.05, 4.69) is 6.92 Å². The maximum absolute atomic E-state index is 5.51. The van der Waals surface area contributed by atoms with Crippen LogP contribution in [0.5, 0.6) is 0 Å². The standard InChI is InChI=1S/C30H61ClO13/c1-2-3-5-32-7-9-34-11-13-36-15-17-38-19-21-40-23-25-42-27-29-44-30-28-43-26-24-41-22-20-39-18-16-37-14-12-35-10-8-33-6-4-31/h2-30H2,1H3. The van der Waals surface area contributed by atoms with Gasteiger partial charge >= 0.3 is 0 Å². The van der Waals surface area contributed by atoms with Crippen molar-refractivity contribution < 1.29 is 61.6 Å². The van der Waals surface area contributed by atoms with Gasteiger partial charge in [0.25, 0.3) is 0 Å². The van der Waals surface area contributed by atoms with Gasteiger partial charge in [-0.15, -0.1) is 11.6 Å². The molecule has 0 aromatic rings. The van der Waals surface area contributed by atoms with Gasteiger partial charge in [-0.1, -0.05) is 13.3 Å². The summed E-state index contributed by atoms with van der Waals surface area (Å²) in [4.78, 5) is 0. The lowest BCUT2D eigenvalue weighted by Gasteiger charge is -2.09. The highest BCUT2D eigenvalue weighted by atomic mass is 35.5. The van der Waals surface area contributed by atoms with Crippen LogP contribution in [0.3, 0.4) is 0 Å². The molecule has 0 unspecified atom stereocenters. The average Bonchev–Trinajstić information content (AvgIpc) is 3.04. The van der Waals surface area contributed by atoms with Gasteiger partial charge in [0, 0.05) is 12.5 Å². The first kappa shape index (κ1) is 43.8. The Morgan fingerprint density at radius 2 is 0.409 bits per heavy atom. The molecule has 0 rings (SSSR count). The zero-order valence-electron chi connectivity index (χ0n) is 27.2. The maximum atomic E-state index is 5.51. The fourth-order valence-electron chi connectivity index (χ4n) is 3.04. The summed E-state index contributed by atoms with van der Waals surface area (Å²) in [6.45, 7) is 16.3. The molecule has 0 spiro atoms. The van der Waals surface area contributed by atoms with E-state index in [1.54, 1.807) is 0 Å². The van der Waals surface area contributed by atoms with Gasteiger partial charge in [0.1, 0.15) is 0 Å². The molecule has 0 saturated carbocycles. The fourth-order valence-corrected chi connectivity index (χ4v) is 3.15. The summed E-state index contributed by atoms with van der Waals surface area (Å²) in [5, 5.41) is 0. The molecule has 0 heterocycles. The second kappa shape index (κ2) is 42.8. The highest BCUT2D eigenvalue weighted by Crippen LogP contribution is 1.89. The Morgan fingerprint density at radius 3 is 0.568 bits per heavy atom. The van der Waals surface area contributed by atoms with E-state index in [1.807, 2.05) is 0 Å². The van der Waals surface area contributed by atoms with Crippen molar-refractivity contribution in [1.82, 2.24) is 0 Å². The molecule has 13 nitrogen and oxygen atoms in total. The van der Waals surface area contributed by atoms with Crippen LogP contribution in [0.2, 0.25) is 0 Å². The lowest BCUT2D eigenvalue weighted by molar-refractivity contribution is -0.0289. The van der Waals surface area contributed by atoms with Gasteiger partial charge in [0.05, 0.1) is 165 Å². The largest absolute Gasteiger partial charge is 0.379 e. The van der Waals surface area contributed by atoms with Gasteiger partial charge in [-0.2, -0.15) is 0 Å². The van der Waals surface area contributed by atoms with E-state index >= 15 is 0 Å². The van der Waals surface area contributed by atoms with E-state index in [1.165, 1.54) is 0 Å². The number of hydrogen-bond acceptors (Lipinski definition) is 13. The van der Waals surface area contributed by atoms with Crippen molar-refractivity contribution in [1.29, 1.82) is 0 Å². The van der Waals surface area contributed by atoms with E-state index in [9.17, 15) is 0 Å². The van der Waals surface area contributed by atoms with E-state index < -0.39 is 0 Å². The van der Waals surface area contributed by atoms with Gasteiger partial charge < -0.3 is 61.6 Å². The molecular weight excluding hydrogens is 604 g/mol. The van der Waals surface area contributed by atoms with Crippen LogP contribution in [0.25, 0.3) is 0 Å². The van der Waals surface area contributed by atoms with E-state index in [0.29, 0.717) is 171 Å². The summed E-state index contributed by atoms with van der Waals surface area (Å²) >= 11 is 5.51. The molecule has 0 aliphatic rings. The summed E-state index contributed by atoms with van der Waals surface area (Å²) in [6.07, 6.45) is 2.24. The first-order chi connectivity index (χ1) is 21.9. The number of ether oxygens (including phenoxy) is 13. The Balaban J connectivity index is 3.03. The first-order valence-electron chi connectivity index (χ1n) is 16.0. The molecule has 266 valence electrons. The van der Waals surface area contributed by atoms with Crippen molar-refractivity contribution >= 4 is 11.6 Å². The van der Waals surface area contributed by atoms with Crippen molar-refractivity contribution in [3.63, 3.8) is 0 Å². The molecule has 0 amide bonds. The molecule has 0 aromatic heterocycles. The molecule has 0 saturated heterocycles. The van der Waals surface area contributed by atoms with E-state index in [0.717, 1.165) is 19.4 Å². The Hall–Kier alpha value is -0.230. The van der Waals surface area contributed by atoms with Crippen molar-refractivity contribution in [2.75, 3.05) is 178 Å². The second-order valence-corrected chi connectivity index (χ2v) is 9.38. The predicted molar refractivity (Wildman–Crippen MR) is 166 cm³/mol. The lowest BCUT2D eigenvalue weighted by Crippen LogP contribution is -2.15. The molecule has 0 N–H and O–H groups in total. The zero-order valence-corrected chi connectivity index (χ0v) is 27.9. The van der Waals surface area contributed by atoms with Crippen LogP contribution in [0.1, 0.15) is 19.8 Å². The summed E-state index contributed by atoms with van der Waals surface area (Å²) in [7, 11) is 0. The van der Waals surface area contributed by atoms with Crippen LogP contribution in [-0.4, -0.2) is 178 Å². The number of hydrogen-bond donors (Lipinski definition) is 0. The number of rotatable bonds is 41. The van der Waals surface area contributed by atoms with Crippen LogP contribution in [0.4, 0.5) is 0 Å². The van der Waals surface area contributed by atoms with Gasteiger partial charge in [-0.05, 0) is 6.42 Å². The molecule has 0 bridgehead atoms. The second-order valence-electron chi connectivity index (χ2n) is 9.00. The monoisotopic (exact) mass is 664 g/mol. The van der Waals surface area contributed by atoms with Gasteiger partial charge in [-0.25, -0.2) is 0 Å². The molecule has 44 heavy (non-hydrogen) atoms. The number of alkyl halides is 1. The van der Waals surface area contributed by atoms with Crippen molar-refractivity contribution in [3.05, 3.63) is 0 Å². The smallest absolute Gasteiger partial charge is 0.0701 e. The third kappa shape index (κ3) is 41.8. The quantitative estimate of drug-likeness (QED) is 0.0703. The highest BCUT2D eigenvalue weighted by molar-refractivity contribution is 6.17. The number of halogens is 1. The van der Waals surface area contributed by atoms with Crippen LogP contribution in [0, 0.1) is 0 Å². The van der Waals surface area contributed by atoms with Gasteiger partial charge in [0.15, 0.2) is 0 Å². The molecule has 0 radical (unpaired) electrons. The summed E-state index contributed by atoms with van der Waals surface area (Å²) in [6, 6.07) is 0. The predicted octanol–water partition coefficient (Wildman–Crippen LogP) is 2.24. The minimum absolute atomic E-state index is 0.498. The molecule has 0 aromatic carbocycles. The first-order valence-corrected chi connectivity index (χ1v) is 16.5. The van der Waals surface area contributed by atoms with Crippen LogP contribution in [0.15, 0.2) is 0 Å². The Kier molecular flexibility index (Phi) is 42.5. The normalized spacial score (nSPS) is 11.6.